The van der Waals surface area contributed by atoms with Crippen LogP contribution in [0.4, 0.5) is 11.4 Å². The molecule has 0 radical (unpaired) electrons. The van der Waals surface area contributed by atoms with Crippen molar-refractivity contribution in [2.75, 3.05) is 17.6 Å². The minimum Gasteiger partial charge on any atom is -0.397 e. The molecule has 0 saturated heterocycles. The minimum atomic E-state index is 0.650. The summed E-state index contributed by atoms with van der Waals surface area (Å²) in [5.74, 6) is 0.650. The van der Waals surface area contributed by atoms with E-state index in [0.717, 1.165) is 28.8 Å². The topological polar surface area (TPSA) is 66.7 Å². The van der Waals surface area contributed by atoms with Crippen molar-refractivity contribution in [3.05, 3.63) is 18.3 Å². The van der Waals surface area contributed by atoms with Gasteiger partial charge in [-0.2, -0.15) is 5.10 Å². The van der Waals surface area contributed by atoms with Gasteiger partial charge >= 0.3 is 0 Å². The quantitative estimate of drug-likeness (QED) is 0.691. The smallest absolute Gasteiger partial charge is 0.0672 e. The second-order valence-electron chi connectivity index (χ2n) is 4.29. The molecular weight excluding hydrogens is 200 g/mol. The molecule has 4 heteroatoms. The molecule has 1 unspecified atom stereocenters. The van der Waals surface area contributed by atoms with Crippen molar-refractivity contribution < 1.29 is 0 Å². The number of benzene rings is 1. The summed E-state index contributed by atoms with van der Waals surface area (Å²) in [4.78, 5) is 0. The van der Waals surface area contributed by atoms with Crippen LogP contribution in [0.25, 0.3) is 10.9 Å². The van der Waals surface area contributed by atoms with Crippen LogP contribution in [-0.4, -0.2) is 16.7 Å². The minimum absolute atomic E-state index is 0.650. The van der Waals surface area contributed by atoms with Crippen molar-refractivity contribution in [3.63, 3.8) is 0 Å². The lowest BCUT2D eigenvalue weighted by atomic mass is 10.1. The standard InChI is InChI=1S/C12H18N4/c1-3-8(2)6-14-12-5-11-9(4-10(12)13)7-15-16-11/h4-5,7-8,14H,3,6,13H2,1-2H3,(H,15,16). The highest BCUT2D eigenvalue weighted by Gasteiger charge is 2.04. The summed E-state index contributed by atoms with van der Waals surface area (Å²) in [6.45, 7) is 5.35. The van der Waals surface area contributed by atoms with Crippen molar-refractivity contribution >= 4 is 22.3 Å². The van der Waals surface area contributed by atoms with Gasteiger partial charge in [0.2, 0.25) is 0 Å². The zero-order chi connectivity index (χ0) is 11.5. The Bertz CT molecular complexity index is 475. The molecule has 0 aliphatic heterocycles. The molecule has 2 rings (SSSR count). The van der Waals surface area contributed by atoms with Crippen LogP contribution < -0.4 is 11.1 Å². The Morgan fingerprint density at radius 3 is 3.06 bits per heavy atom. The van der Waals surface area contributed by atoms with Gasteiger partial charge in [0.05, 0.1) is 23.1 Å². The number of aromatic amines is 1. The zero-order valence-corrected chi connectivity index (χ0v) is 9.75. The van der Waals surface area contributed by atoms with Crippen molar-refractivity contribution in [1.82, 2.24) is 10.2 Å². The molecule has 16 heavy (non-hydrogen) atoms. The highest BCUT2D eigenvalue weighted by atomic mass is 15.1. The van der Waals surface area contributed by atoms with Gasteiger partial charge in [-0.1, -0.05) is 20.3 Å². The predicted octanol–water partition coefficient (Wildman–Crippen LogP) is 2.60. The molecule has 0 saturated carbocycles. The zero-order valence-electron chi connectivity index (χ0n) is 9.75. The Morgan fingerprint density at radius 2 is 2.31 bits per heavy atom. The first kappa shape index (κ1) is 10.8. The number of hydrogen-bond donors (Lipinski definition) is 3. The van der Waals surface area contributed by atoms with Gasteiger partial charge in [0, 0.05) is 11.9 Å². The number of aromatic nitrogens is 2. The highest BCUT2D eigenvalue weighted by molar-refractivity contribution is 5.88. The number of rotatable bonds is 4. The van der Waals surface area contributed by atoms with E-state index >= 15 is 0 Å². The van der Waals surface area contributed by atoms with Gasteiger partial charge in [-0.15, -0.1) is 0 Å². The lowest BCUT2D eigenvalue weighted by Gasteiger charge is -2.13. The molecule has 1 aromatic carbocycles. The van der Waals surface area contributed by atoms with Crippen LogP contribution in [0.5, 0.6) is 0 Å². The van der Waals surface area contributed by atoms with Crippen molar-refractivity contribution in [1.29, 1.82) is 0 Å². The van der Waals surface area contributed by atoms with Crippen molar-refractivity contribution in [2.24, 2.45) is 5.92 Å². The third-order valence-corrected chi connectivity index (χ3v) is 2.95. The number of fused-ring (bicyclic) bond motifs is 1. The third-order valence-electron chi connectivity index (χ3n) is 2.95. The van der Waals surface area contributed by atoms with Gasteiger partial charge in [0.25, 0.3) is 0 Å². The van der Waals surface area contributed by atoms with Gasteiger partial charge in [-0.05, 0) is 18.1 Å². The van der Waals surface area contributed by atoms with Gasteiger partial charge in [-0.25, -0.2) is 0 Å². The fourth-order valence-corrected chi connectivity index (χ4v) is 1.59. The molecule has 1 heterocycles. The van der Waals surface area contributed by atoms with Crippen LogP contribution in [0.2, 0.25) is 0 Å². The molecule has 2 aromatic rings. The molecule has 0 aliphatic rings. The van der Waals surface area contributed by atoms with Crippen LogP contribution in [-0.2, 0) is 0 Å². The van der Waals surface area contributed by atoms with E-state index in [1.165, 1.54) is 6.42 Å². The van der Waals surface area contributed by atoms with Crippen LogP contribution in [0, 0.1) is 5.92 Å². The van der Waals surface area contributed by atoms with E-state index in [0.29, 0.717) is 5.92 Å². The summed E-state index contributed by atoms with van der Waals surface area (Å²) in [7, 11) is 0. The maximum absolute atomic E-state index is 5.97. The average Bonchev–Trinajstić information content (AvgIpc) is 2.72. The average molecular weight is 218 g/mol. The first-order valence-corrected chi connectivity index (χ1v) is 5.67. The monoisotopic (exact) mass is 218 g/mol. The summed E-state index contributed by atoms with van der Waals surface area (Å²) in [6, 6.07) is 3.96. The second-order valence-corrected chi connectivity index (χ2v) is 4.29. The van der Waals surface area contributed by atoms with Crippen LogP contribution in [0.3, 0.4) is 0 Å². The number of nitrogens with one attached hydrogen (secondary N) is 2. The van der Waals surface area contributed by atoms with E-state index in [-0.39, 0.29) is 0 Å². The molecule has 0 spiro atoms. The van der Waals surface area contributed by atoms with E-state index in [9.17, 15) is 0 Å². The Hall–Kier alpha value is -1.71. The lowest BCUT2D eigenvalue weighted by molar-refractivity contribution is 0.593. The maximum Gasteiger partial charge on any atom is 0.0672 e. The Morgan fingerprint density at radius 1 is 1.50 bits per heavy atom. The van der Waals surface area contributed by atoms with E-state index in [1.54, 1.807) is 6.20 Å². The van der Waals surface area contributed by atoms with Gasteiger partial charge in [0.15, 0.2) is 0 Å². The fraction of sp³-hybridized carbons (Fsp3) is 0.417. The SMILES string of the molecule is CCC(C)CNc1cc2[nH]ncc2cc1N. The summed E-state index contributed by atoms with van der Waals surface area (Å²) >= 11 is 0. The van der Waals surface area contributed by atoms with Crippen LogP contribution in [0.15, 0.2) is 18.3 Å². The summed E-state index contributed by atoms with van der Waals surface area (Å²) in [5, 5.41) is 11.4. The highest BCUT2D eigenvalue weighted by Crippen LogP contribution is 2.24. The number of H-pyrrole nitrogens is 1. The number of hydrogen-bond acceptors (Lipinski definition) is 3. The fourth-order valence-electron chi connectivity index (χ4n) is 1.59. The molecular formula is C12H18N4. The number of nitrogen functional groups attached to an aromatic ring is 1. The van der Waals surface area contributed by atoms with E-state index in [4.69, 9.17) is 5.73 Å². The normalized spacial score (nSPS) is 12.9. The number of nitrogens with zero attached hydrogens (tertiary/aromatic N) is 1. The molecule has 1 aromatic heterocycles. The van der Waals surface area contributed by atoms with Crippen LogP contribution >= 0.6 is 0 Å². The molecule has 0 aliphatic carbocycles. The molecule has 86 valence electrons. The van der Waals surface area contributed by atoms with E-state index in [2.05, 4.69) is 29.4 Å². The molecule has 0 bridgehead atoms. The summed E-state index contributed by atoms with van der Waals surface area (Å²) < 4.78 is 0. The van der Waals surface area contributed by atoms with Crippen molar-refractivity contribution in [2.45, 2.75) is 20.3 Å². The predicted molar refractivity (Wildman–Crippen MR) is 68.5 cm³/mol. The molecule has 1 atom stereocenters. The van der Waals surface area contributed by atoms with Gasteiger partial charge in [-0.3, -0.25) is 5.10 Å². The lowest BCUT2D eigenvalue weighted by Crippen LogP contribution is -2.11. The third kappa shape index (κ3) is 2.10. The summed E-state index contributed by atoms with van der Waals surface area (Å²) in [6.07, 6.45) is 2.95. The Kier molecular flexibility index (Phi) is 2.99. The Balaban J connectivity index is 2.19. The first-order valence-electron chi connectivity index (χ1n) is 5.67. The summed E-state index contributed by atoms with van der Waals surface area (Å²) in [5.41, 5.74) is 8.74. The number of anilines is 2. The van der Waals surface area contributed by atoms with Gasteiger partial charge < -0.3 is 11.1 Å². The van der Waals surface area contributed by atoms with E-state index in [1.807, 2.05) is 12.1 Å². The first-order chi connectivity index (χ1) is 7.70. The molecule has 4 nitrogen and oxygen atoms in total. The largest absolute Gasteiger partial charge is 0.397 e. The molecule has 0 fully saturated rings. The molecule has 0 amide bonds. The second kappa shape index (κ2) is 4.43. The van der Waals surface area contributed by atoms with Crippen LogP contribution in [0.1, 0.15) is 20.3 Å². The van der Waals surface area contributed by atoms with E-state index < -0.39 is 0 Å². The Labute approximate surface area is 95.2 Å². The van der Waals surface area contributed by atoms with Gasteiger partial charge in [0.1, 0.15) is 0 Å². The maximum atomic E-state index is 5.97. The number of nitrogens with two attached hydrogens (primary N) is 1. The van der Waals surface area contributed by atoms with Crippen molar-refractivity contribution in [3.8, 4) is 0 Å². The molecule has 4 N–H and O–H groups in total.